The molecule has 1 N–H and O–H groups in total. The molecule has 0 saturated heterocycles. The van der Waals surface area contributed by atoms with Gasteiger partial charge in [-0.2, -0.15) is 0 Å². The highest BCUT2D eigenvalue weighted by Crippen LogP contribution is 2.09. The van der Waals surface area contributed by atoms with E-state index >= 15 is 0 Å². The first-order valence-electron chi connectivity index (χ1n) is 9.13. The monoisotopic (exact) mass is 292 g/mol. The van der Waals surface area contributed by atoms with Gasteiger partial charge in [0.15, 0.2) is 0 Å². The Kier molecular flexibility index (Phi) is 18.6. The zero-order valence-corrected chi connectivity index (χ0v) is 14.2. The summed E-state index contributed by atoms with van der Waals surface area (Å²) in [7, 11) is 0. The molecule has 0 rings (SSSR count). The largest absolute Gasteiger partial charge is 0.392 e. The van der Waals surface area contributed by atoms with Gasteiger partial charge in [-0.3, -0.25) is 0 Å². The topological polar surface area (TPSA) is 20.2 Å². The fourth-order valence-corrected chi connectivity index (χ4v) is 2.37. The van der Waals surface area contributed by atoms with Crippen molar-refractivity contribution in [3.05, 3.63) is 12.2 Å². The number of hydrogen-bond acceptors (Lipinski definition) is 1. The van der Waals surface area contributed by atoms with Gasteiger partial charge < -0.3 is 5.11 Å². The van der Waals surface area contributed by atoms with Crippen LogP contribution in [0.4, 0.5) is 0 Å². The number of aliphatic hydroxyl groups excluding tert-OH is 1. The fourth-order valence-electron chi connectivity index (χ4n) is 2.37. The molecule has 0 heterocycles. The van der Waals surface area contributed by atoms with Crippen LogP contribution in [0.15, 0.2) is 12.2 Å². The van der Waals surface area contributed by atoms with Crippen LogP contribution < -0.4 is 0 Å². The van der Waals surface area contributed by atoms with E-state index in [9.17, 15) is 0 Å². The Hall–Kier alpha value is -0.740. The van der Waals surface area contributed by atoms with Crippen molar-refractivity contribution in [2.75, 3.05) is 6.61 Å². The zero-order valence-electron chi connectivity index (χ0n) is 14.2. The molecule has 0 bridgehead atoms. The van der Waals surface area contributed by atoms with E-state index in [1.807, 2.05) is 6.08 Å². The molecule has 0 unspecified atom stereocenters. The highest BCUT2D eigenvalue weighted by molar-refractivity contribution is 4.98. The normalized spacial score (nSPS) is 10.8. The summed E-state index contributed by atoms with van der Waals surface area (Å²) >= 11 is 0. The number of unbranched alkanes of at least 4 members (excludes halogenated alkanes) is 12. The lowest BCUT2D eigenvalue weighted by Crippen LogP contribution is -1.81. The van der Waals surface area contributed by atoms with Crippen LogP contribution in [-0.2, 0) is 0 Å². The van der Waals surface area contributed by atoms with E-state index in [-0.39, 0.29) is 6.61 Å². The summed E-state index contributed by atoms with van der Waals surface area (Å²) in [6.07, 6.45) is 21.9. The first-order valence-corrected chi connectivity index (χ1v) is 9.13. The van der Waals surface area contributed by atoms with Crippen LogP contribution in [0.3, 0.4) is 0 Å². The van der Waals surface area contributed by atoms with Crippen molar-refractivity contribution in [2.24, 2.45) is 0 Å². The Morgan fingerprint density at radius 2 is 1.19 bits per heavy atom. The van der Waals surface area contributed by atoms with Gasteiger partial charge >= 0.3 is 0 Å². The third-order valence-corrected chi connectivity index (χ3v) is 3.72. The number of aliphatic hydroxyl groups is 1. The molecule has 0 radical (unpaired) electrons. The Labute approximate surface area is 133 Å². The van der Waals surface area contributed by atoms with Crippen molar-refractivity contribution in [2.45, 2.75) is 96.8 Å². The summed E-state index contributed by atoms with van der Waals surface area (Å²) in [6, 6.07) is 0. The second-order valence-corrected chi connectivity index (χ2v) is 5.83. The molecular formula is C20H36O. The average molecular weight is 293 g/mol. The third kappa shape index (κ3) is 19.3. The highest BCUT2D eigenvalue weighted by Gasteiger charge is 1.91. The number of hydrogen-bond donors (Lipinski definition) is 1. The summed E-state index contributed by atoms with van der Waals surface area (Å²) in [6.45, 7) is 2.43. The molecule has 0 aliphatic rings. The SMILES string of the molecule is CCCCCCC#CCCCCCCCCC/C=C/CO. The van der Waals surface area contributed by atoms with E-state index in [1.54, 1.807) is 0 Å². The molecule has 0 amide bonds. The molecule has 0 atom stereocenters. The molecule has 0 fully saturated rings. The van der Waals surface area contributed by atoms with Crippen LogP contribution in [-0.4, -0.2) is 11.7 Å². The van der Waals surface area contributed by atoms with Crippen molar-refractivity contribution in [3.63, 3.8) is 0 Å². The van der Waals surface area contributed by atoms with Crippen LogP contribution in [0.2, 0.25) is 0 Å². The van der Waals surface area contributed by atoms with Gasteiger partial charge in [0, 0.05) is 12.8 Å². The van der Waals surface area contributed by atoms with Crippen LogP contribution in [0.1, 0.15) is 96.8 Å². The van der Waals surface area contributed by atoms with Gasteiger partial charge in [0.2, 0.25) is 0 Å². The second-order valence-electron chi connectivity index (χ2n) is 5.83. The lowest BCUT2D eigenvalue weighted by Gasteiger charge is -1.99. The molecule has 0 aliphatic carbocycles. The Morgan fingerprint density at radius 1 is 0.667 bits per heavy atom. The maximum absolute atomic E-state index is 8.60. The molecular weight excluding hydrogens is 256 g/mol. The van der Waals surface area contributed by atoms with Gasteiger partial charge in [0.05, 0.1) is 6.61 Å². The first kappa shape index (κ1) is 20.3. The van der Waals surface area contributed by atoms with Crippen molar-refractivity contribution >= 4 is 0 Å². The summed E-state index contributed by atoms with van der Waals surface area (Å²) < 4.78 is 0. The molecule has 1 heteroatoms. The fraction of sp³-hybridized carbons (Fsp3) is 0.800. The Balaban J connectivity index is 3.08. The lowest BCUT2D eigenvalue weighted by atomic mass is 10.1. The lowest BCUT2D eigenvalue weighted by molar-refractivity contribution is 0.342. The van der Waals surface area contributed by atoms with E-state index < -0.39 is 0 Å². The predicted octanol–water partition coefficient (Wildman–Crippen LogP) is 6.02. The number of rotatable bonds is 14. The zero-order chi connectivity index (χ0) is 15.4. The Morgan fingerprint density at radius 3 is 1.76 bits per heavy atom. The molecule has 1 nitrogen and oxygen atoms in total. The van der Waals surface area contributed by atoms with Gasteiger partial charge in [-0.05, 0) is 25.7 Å². The van der Waals surface area contributed by atoms with Crippen LogP contribution in [0.25, 0.3) is 0 Å². The molecule has 0 aliphatic heterocycles. The van der Waals surface area contributed by atoms with E-state index in [4.69, 9.17) is 5.11 Å². The average Bonchev–Trinajstić information content (AvgIpc) is 2.50. The minimum absolute atomic E-state index is 0.182. The minimum atomic E-state index is 0.182. The molecule has 122 valence electrons. The number of allylic oxidation sites excluding steroid dienone is 1. The maximum atomic E-state index is 8.60. The van der Waals surface area contributed by atoms with Gasteiger partial charge in [0.25, 0.3) is 0 Å². The molecule has 0 spiro atoms. The smallest absolute Gasteiger partial charge is 0.0612 e. The first-order chi connectivity index (χ1) is 10.4. The summed E-state index contributed by atoms with van der Waals surface area (Å²) in [5.74, 6) is 6.62. The Bertz CT molecular complexity index is 269. The van der Waals surface area contributed by atoms with Crippen molar-refractivity contribution in [1.82, 2.24) is 0 Å². The molecule has 21 heavy (non-hydrogen) atoms. The van der Waals surface area contributed by atoms with Gasteiger partial charge in [-0.25, -0.2) is 0 Å². The summed E-state index contributed by atoms with van der Waals surface area (Å²) in [5, 5.41) is 8.60. The van der Waals surface area contributed by atoms with Crippen LogP contribution in [0, 0.1) is 11.8 Å². The van der Waals surface area contributed by atoms with Crippen LogP contribution in [0.5, 0.6) is 0 Å². The van der Waals surface area contributed by atoms with Gasteiger partial charge in [-0.1, -0.05) is 70.4 Å². The molecule has 0 saturated carbocycles. The van der Waals surface area contributed by atoms with Crippen LogP contribution >= 0.6 is 0 Å². The summed E-state index contributed by atoms with van der Waals surface area (Å²) in [4.78, 5) is 0. The predicted molar refractivity (Wildman–Crippen MR) is 94.3 cm³/mol. The van der Waals surface area contributed by atoms with Gasteiger partial charge in [-0.15, -0.1) is 11.8 Å². The minimum Gasteiger partial charge on any atom is -0.392 e. The van der Waals surface area contributed by atoms with E-state index in [0.29, 0.717) is 0 Å². The van der Waals surface area contributed by atoms with E-state index in [1.165, 1.54) is 70.6 Å². The second kappa shape index (κ2) is 19.3. The van der Waals surface area contributed by atoms with E-state index in [2.05, 4.69) is 24.8 Å². The maximum Gasteiger partial charge on any atom is 0.0612 e. The third-order valence-electron chi connectivity index (χ3n) is 3.72. The molecule has 0 aromatic heterocycles. The van der Waals surface area contributed by atoms with E-state index in [0.717, 1.165) is 19.3 Å². The summed E-state index contributed by atoms with van der Waals surface area (Å²) in [5.41, 5.74) is 0. The van der Waals surface area contributed by atoms with Crippen molar-refractivity contribution in [1.29, 1.82) is 0 Å². The van der Waals surface area contributed by atoms with Crippen molar-refractivity contribution in [3.8, 4) is 11.8 Å². The molecule has 0 aromatic carbocycles. The highest BCUT2D eigenvalue weighted by atomic mass is 16.2. The van der Waals surface area contributed by atoms with Gasteiger partial charge in [0.1, 0.15) is 0 Å². The quantitative estimate of drug-likeness (QED) is 0.236. The molecule has 0 aromatic rings. The standard InChI is InChI=1S/C20H36O/c1-2-3-4-5-6-7-8-9-10-11-12-13-14-15-16-17-18-19-20-21/h18-19,21H,2-6,9-17,20H2,1H3/b19-18+. The van der Waals surface area contributed by atoms with Crippen molar-refractivity contribution < 1.29 is 5.11 Å².